The van der Waals surface area contributed by atoms with Crippen LogP contribution in [0.3, 0.4) is 0 Å². The zero-order valence-corrected chi connectivity index (χ0v) is 22.5. The summed E-state index contributed by atoms with van der Waals surface area (Å²) in [4.78, 5) is 55.7. The minimum atomic E-state index is -1.40. The number of ketones is 1. The maximum atomic E-state index is 14.9. The van der Waals surface area contributed by atoms with Crippen molar-refractivity contribution in [3.8, 4) is 11.5 Å². The van der Waals surface area contributed by atoms with Gasteiger partial charge in [-0.05, 0) is 48.0 Å². The average Bonchev–Trinajstić information content (AvgIpc) is 3.57. The number of fused-ring (bicyclic) bond motifs is 2. The summed E-state index contributed by atoms with van der Waals surface area (Å²) < 4.78 is 39.6. The molecule has 216 valence electrons. The summed E-state index contributed by atoms with van der Waals surface area (Å²) in [6.07, 6.45) is 0. The lowest BCUT2D eigenvalue weighted by molar-refractivity contribution is -0.139. The van der Waals surface area contributed by atoms with E-state index in [0.717, 1.165) is 21.9 Å². The summed E-state index contributed by atoms with van der Waals surface area (Å²) >= 11 is 0. The number of rotatable bonds is 8. The number of amides is 3. The minimum absolute atomic E-state index is 0.0245. The monoisotopic (exact) mass is 583 g/mol. The molecule has 43 heavy (non-hydrogen) atoms. The maximum absolute atomic E-state index is 14.9. The standard InChI is InChI=1S/C32H23F2N3O6/c33-21-11-9-19(10-12-21)29(31(40)35-22-13-14-26-27(15-22)43-18-42-26)37(16-20-5-1-3-7-24(20)34)28(38)17-36-25-8-4-2-6-23(25)30(39)32(36)41/h1-15,29H,16-18H2,(H,35,40). The molecule has 1 atom stereocenters. The molecule has 9 nitrogen and oxygen atoms in total. The number of carbonyl (C=O) groups excluding carboxylic acids is 4. The van der Waals surface area contributed by atoms with Crippen LogP contribution in [0.25, 0.3) is 0 Å². The number of halogens is 2. The van der Waals surface area contributed by atoms with E-state index in [-0.39, 0.29) is 35.7 Å². The van der Waals surface area contributed by atoms with Crippen LogP contribution in [0.2, 0.25) is 0 Å². The zero-order chi connectivity index (χ0) is 30.1. The van der Waals surface area contributed by atoms with Gasteiger partial charge >= 0.3 is 0 Å². The molecule has 4 aromatic carbocycles. The SMILES string of the molecule is O=C1C(=O)N(CC(=O)N(Cc2ccccc2F)C(C(=O)Nc2ccc3c(c2)OCO3)c2ccc(F)cc2)c2ccccc21. The normalized spacial score (nSPS) is 14.0. The molecule has 2 heterocycles. The van der Waals surface area contributed by atoms with E-state index < -0.39 is 47.7 Å². The molecule has 4 aromatic rings. The van der Waals surface area contributed by atoms with E-state index in [2.05, 4.69) is 5.32 Å². The van der Waals surface area contributed by atoms with Crippen molar-refractivity contribution in [1.29, 1.82) is 0 Å². The summed E-state index contributed by atoms with van der Waals surface area (Å²) in [6.45, 7) is -0.957. The van der Waals surface area contributed by atoms with Crippen LogP contribution in [0, 0.1) is 11.6 Å². The smallest absolute Gasteiger partial charge is 0.299 e. The number of para-hydroxylation sites is 1. The topological polar surface area (TPSA) is 105 Å². The Labute approximate surface area is 244 Å². The molecule has 1 N–H and O–H groups in total. The molecule has 2 aliphatic rings. The Bertz CT molecular complexity index is 1760. The van der Waals surface area contributed by atoms with Crippen molar-refractivity contribution in [1.82, 2.24) is 4.90 Å². The molecule has 11 heteroatoms. The molecule has 0 saturated carbocycles. The highest BCUT2D eigenvalue weighted by atomic mass is 19.1. The predicted octanol–water partition coefficient (Wildman–Crippen LogP) is 4.63. The minimum Gasteiger partial charge on any atom is -0.454 e. The second-order valence-electron chi connectivity index (χ2n) is 9.86. The number of ether oxygens (including phenoxy) is 2. The Kier molecular flexibility index (Phi) is 7.29. The molecule has 0 radical (unpaired) electrons. The van der Waals surface area contributed by atoms with E-state index in [9.17, 15) is 28.0 Å². The summed E-state index contributed by atoms with van der Waals surface area (Å²) in [5.41, 5.74) is 1.06. The first-order valence-electron chi connectivity index (χ1n) is 13.2. The van der Waals surface area contributed by atoms with Crippen LogP contribution in [-0.2, 0) is 20.9 Å². The third-order valence-electron chi connectivity index (χ3n) is 7.18. The molecule has 0 saturated heterocycles. The van der Waals surface area contributed by atoms with Gasteiger partial charge in [-0.25, -0.2) is 8.78 Å². The summed E-state index contributed by atoms with van der Waals surface area (Å²) in [5, 5.41) is 2.76. The molecular formula is C32H23F2N3O6. The van der Waals surface area contributed by atoms with E-state index in [1.54, 1.807) is 36.4 Å². The third kappa shape index (κ3) is 5.40. The van der Waals surface area contributed by atoms with E-state index in [0.29, 0.717) is 17.2 Å². The Morgan fingerprint density at radius 2 is 1.60 bits per heavy atom. The van der Waals surface area contributed by atoms with Crippen molar-refractivity contribution in [2.24, 2.45) is 0 Å². The summed E-state index contributed by atoms with van der Waals surface area (Å²) in [5.74, 6) is -3.39. The van der Waals surface area contributed by atoms with Gasteiger partial charge in [0.05, 0.1) is 11.3 Å². The molecule has 0 fully saturated rings. The lowest BCUT2D eigenvalue weighted by Gasteiger charge is -2.33. The number of carbonyl (C=O) groups is 4. The van der Waals surface area contributed by atoms with Gasteiger partial charge in [0.2, 0.25) is 12.7 Å². The van der Waals surface area contributed by atoms with Crippen molar-refractivity contribution in [2.75, 3.05) is 23.6 Å². The fourth-order valence-corrected chi connectivity index (χ4v) is 5.07. The molecule has 2 aliphatic heterocycles. The number of hydrogen-bond acceptors (Lipinski definition) is 6. The van der Waals surface area contributed by atoms with E-state index in [4.69, 9.17) is 9.47 Å². The molecule has 0 bridgehead atoms. The molecule has 0 spiro atoms. The predicted molar refractivity (Wildman–Crippen MR) is 150 cm³/mol. The highest BCUT2D eigenvalue weighted by molar-refractivity contribution is 6.52. The van der Waals surface area contributed by atoms with E-state index in [1.807, 2.05) is 0 Å². The lowest BCUT2D eigenvalue weighted by atomic mass is 10.0. The van der Waals surface area contributed by atoms with Crippen LogP contribution < -0.4 is 19.7 Å². The number of nitrogens with zero attached hydrogens (tertiary/aromatic N) is 2. The van der Waals surface area contributed by atoms with Crippen molar-refractivity contribution in [2.45, 2.75) is 12.6 Å². The van der Waals surface area contributed by atoms with Gasteiger partial charge in [0.1, 0.15) is 24.2 Å². The van der Waals surface area contributed by atoms with Crippen LogP contribution in [0.15, 0.2) is 91.0 Å². The lowest BCUT2D eigenvalue weighted by Crippen LogP contribution is -2.46. The van der Waals surface area contributed by atoms with Crippen molar-refractivity contribution in [3.05, 3.63) is 119 Å². The van der Waals surface area contributed by atoms with Gasteiger partial charge in [-0.15, -0.1) is 0 Å². The number of anilines is 2. The van der Waals surface area contributed by atoms with Crippen LogP contribution in [0.1, 0.15) is 27.5 Å². The van der Waals surface area contributed by atoms with Crippen molar-refractivity contribution >= 4 is 34.9 Å². The summed E-state index contributed by atoms with van der Waals surface area (Å²) in [7, 11) is 0. The van der Waals surface area contributed by atoms with Gasteiger partial charge in [0, 0.05) is 23.9 Å². The Hall–Kier alpha value is -5.58. The van der Waals surface area contributed by atoms with E-state index >= 15 is 0 Å². The Balaban J connectivity index is 1.39. The molecule has 3 amide bonds. The highest BCUT2D eigenvalue weighted by Gasteiger charge is 2.39. The van der Waals surface area contributed by atoms with Crippen LogP contribution in [-0.4, -0.2) is 41.7 Å². The highest BCUT2D eigenvalue weighted by Crippen LogP contribution is 2.35. The van der Waals surface area contributed by atoms with Crippen molar-refractivity contribution < 1.29 is 37.4 Å². The molecule has 6 rings (SSSR count). The number of nitrogens with one attached hydrogen (secondary N) is 1. The van der Waals surface area contributed by atoms with Gasteiger partial charge in [-0.3, -0.25) is 24.1 Å². The first kappa shape index (κ1) is 27.6. The molecule has 0 aliphatic carbocycles. The Morgan fingerprint density at radius 3 is 2.40 bits per heavy atom. The number of benzene rings is 4. The van der Waals surface area contributed by atoms with Crippen LogP contribution in [0.4, 0.5) is 20.2 Å². The summed E-state index contributed by atoms with van der Waals surface area (Å²) in [6, 6.07) is 20.3. The molecule has 0 aromatic heterocycles. The quantitative estimate of drug-likeness (QED) is 0.304. The zero-order valence-electron chi connectivity index (χ0n) is 22.5. The molecule has 1 unspecified atom stereocenters. The Morgan fingerprint density at radius 1 is 0.884 bits per heavy atom. The first-order chi connectivity index (χ1) is 20.8. The van der Waals surface area contributed by atoms with Gasteiger partial charge in [-0.1, -0.05) is 42.5 Å². The van der Waals surface area contributed by atoms with Gasteiger partial charge in [0.15, 0.2) is 11.5 Å². The fourth-order valence-electron chi connectivity index (χ4n) is 5.07. The number of Topliss-reactive ketones (excluding diaryl/α,β-unsaturated/α-hetero) is 1. The first-order valence-corrected chi connectivity index (χ1v) is 13.2. The fraction of sp³-hybridized carbons (Fsp3) is 0.125. The average molecular weight is 584 g/mol. The van der Waals surface area contributed by atoms with Gasteiger partial charge in [-0.2, -0.15) is 0 Å². The molecular weight excluding hydrogens is 560 g/mol. The largest absolute Gasteiger partial charge is 0.454 e. The number of hydrogen-bond donors (Lipinski definition) is 1. The second kappa shape index (κ2) is 11.4. The van der Waals surface area contributed by atoms with Gasteiger partial charge in [0.25, 0.3) is 17.6 Å². The second-order valence-corrected chi connectivity index (χ2v) is 9.86. The van der Waals surface area contributed by atoms with Crippen molar-refractivity contribution in [3.63, 3.8) is 0 Å². The van der Waals surface area contributed by atoms with E-state index in [1.165, 1.54) is 42.5 Å². The maximum Gasteiger partial charge on any atom is 0.299 e. The van der Waals surface area contributed by atoms with Gasteiger partial charge < -0.3 is 19.7 Å². The third-order valence-corrected chi connectivity index (χ3v) is 7.18. The van der Waals surface area contributed by atoms with Crippen LogP contribution >= 0.6 is 0 Å². The van der Waals surface area contributed by atoms with Crippen LogP contribution in [0.5, 0.6) is 11.5 Å².